The van der Waals surface area contributed by atoms with Gasteiger partial charge in [0, 0.05) is 68.8 Å². The van der Waals surface area contributed by atoms with E-state index in [9.17, 15) is 28.6 Å². The number of hydrogen-bond acceptors (Lipinski definition) is 7. The van der Waals surface area contributed by atoms with Crippen LogP contribution in [0.1, 0.15) is 50.2 Å². The van der Waals surface area contributed by atoms with Crippen molar-refractivity contribution >= 4 is 17.7 Å². The number of piperazine rings is 1. The molecular weight excluding hydrogens is 560 g/mol. The second-order valence-electron chi connectivity index (χ2n) is 12.7. The molecule has 2 saturated heterocycles. The number of ether oxygens (including phenoxy) is 1. The number of carboxylic acid groups (broad SMARTS) is 1. The predicted octanol–water partition coefficient (Wildman–Crippen LogP) is 2.84. The number of carbonyl (C=O) groups excluding carboxylic acids is 1. The molecule has 0 radical (unpaired) electrons. The highest BCUT2D eigenvalue weighted by Crippen LogP contribution is 2.41. The van der Waals surface area contributed by atoms with Gasteiger partial charge in [0.15, 0.2) is 0 Å². The Morgan fingerprint density at radius 1 is 1.09 bits per heavy atom. The molecule has 4 heterocycles. The third-order valence-corrected chi connectivity index (χ3v) is 8.99. The van der Waals surface area contributed by atoms with Crippen molar-refractivity contribution < 1.29 is 33.3 Å². The van der Waals surface area contributed by atoms with Gasteiger partial charge >= 0.3 is 6.09 Å². The van der Waals surface area contributed by atoms with Crippen LogP contribution in [0.15, 0.2) is 24.3 Å². The maximum absolute atomic E-state index is 14.5. The van der Waals surface area contributed by atoms with Crippen LogP contribution in [-0.4, -0.2) is 113 Å². The van der Waals surface area contributed by atoms with Gasteiger partial charge in [-0.3, -0.25) is 19.6 Å². The van der Waals surface area contributed by atoms with Gasteiger partial charge in [-0.05, 0) is 37.1 Å². The Hall–Kier alpha value is -3.19. The first-order chi connectivity index (χ1) is 20.4. The number of benzene rings is 1. The van der Waals surface area contributed by atoms with Gasteiger partial charge in [-0.15, -0.1) is 0 Å². The van der Waals surface area contributed by atoms with E-state index in [2.05, 4.69) is 16.7 Å². The van der Waals surface area contributed by atoms with Crippen molar-refractivity contribution in [1.82, 2.24) is 19.7 Å². The second-order valence-corrected chi connectivity index (χ2v) is 12.7. The van der Waals surface area contributed by atoms with Crippen LogP contribution in [0.3, 0.4) is 0 Å². The number of aliphatic hydroxyl groups is 1. The van der Waals surface area contributed by atoms with E-state index in [1.165, 1.54) is 17.0 Å². The molecule has 2 fully saturated rings. The average molecular weight is 602 g/mol. The van der Waals surface area contributed by atoms with Crippen molar-refractivity contribution in [2.45, 2.75) is 64.3 Å². The molecule has 0 saturated carbocycles. The third kappa shape index (κ3) is 6.52. The number of hydrogen-bond donors (Lipinski definition) is 2. The van der Waals surface area contributed by atoms with Crippen LogP contribution in [0, 0.1) is 11.6 Å². The van der Waals surface area contributed by atoms with E-state index in [0.717, 1.165) is 12.6 Å². The molecule has 0 aliphatic carbocycles. The quantitative estimate of drug-likeness (QED) is 0.499. The number of halogens is 2. The Bertz CT molecular complexity index is 1370. The molecule has 1 aromatic carbocycles. The lowest BCUT2D eigenvalue weighted by atomic mass is 9.90. The molecule has 0 unspecified atom stereocenters. The lowest BCUT2D eigenvalue weighted by Crippen LogP contribution is -2.64. The standard InChI is InChI=1S/C31H41F2N5O5/c1-19-12-36(24(14-37(19)30(41)42)13-35-7-8-43-17-20(35)2)15-28(40)38-18-31(3,4)29-27(38)10-22(26(16-39)34-29)9-21-5-6-23(32)11-25(21)33/h5-6,10-11,19-20,24,39H,7-9,12-18H2,1-4H3,(H,41,42)/t19-,20-,24+/m1/s1. The maximum atomic E-state index is 14.5. The summed E-state index contributed by atoms with van der Waals surface area (Å²) in [5.41, 5.74) is 2.01. The summed E-state index contributed by atoms with van der Waals surface area (Å²) >= 11 is 0. The van der Waals surface area contributed by atoms with Crippen molar-refractivity contribution in [2.24, 2.45) is 0 Å². The molecule has 2 aromatic rings. The minimum Gasteiger partial charge on any atom is -0.465 e. The number of amides is 2. The van der Waals surface area contributed by atoms with Crippen molar-refractivity contribution in [3.8, 4) is 0 Å². The minimum absolute atomic E-state index is 0.0826. The smallest absolute Gasteiger partial charge is 0.407 e. The molecule has 5 rings (SSSR count). The number of carbonyl (C=O) groups is 2. The highest BCUT2D eigenvalue weighted by molar-refractivity contribution is 5.97. The van der Waals surface area contributed by atoms with Gasteiger partial charge in [-0.25, -0.2) is 13.6 Å². The van der Waals surface area contributed by atoms with Crippen LogP contribution < -0.4 is 4.90 Å². The fourth-order valence-electron chi connectivity index (χ4n) is 6.53. The molecule has 3 atom stereocenters. The van der Waals surface area contributed by atoms with Crippen molar-refractivity contribution in [3.05, 3.63) is 58.4 Å². The summed E-state index contributed by atoms with van der Waals surface area (Å²) in [6.07, 6.45) is -0.885. The molecule has 0 bridgehead atoms. The summed E-state index contributed by atoms with van der Waals surface area (Å²) < 4.78 is 33.6. The summed E-state index contributed by atoms with van der Waals surface area (Å²) in [6, 6.07) is 4.91. The number of anilines is 1. The molecular formula is C31H41F2N5O5. The molecule has 2 amide bonds. The Labute approximate surface area is 250 Å². The van der Waals surface area contributed by atoms with Gasteiger partial charge in [0.2, 0.25) is 5.91 Å². The lowest BCUT2D eigenvalue weighted by molar-refractivity contribution is -0.121. The van der Waals surface area contributed by atoms with Crippen molar-refractivity contribution in [2.75, 3.05) is 57.4 Å². The number of rotatable bonds is 7. The van der Waals surface area contributed by atoms with Gasteiger partial charge in [0.05, 0.1) is 43.4 Å². The Kier molecular flexibility index (Phi) is 9.03. The highest BCUT2D eigenvalue weighted by Gasteiger charge is 2.42. The van der Waals surface area contributed by atoms with Crippen LogP contribution in [0.2, 0.25) is 0 Å². The Morgan fingerprint density at radius 3 is 2.53 bits per heavy atom. The predicted molar refractivity (Wildman–Crippen MR) is 156 cm³/mol. The zero-order valence-corrected chi connectivity index (χ0v) is 25.2. The van der Waals surface area contributed by atoms with Crippen LogP contribution in [0.5, 0.6) is 0 Å². The van der Waals surface area contributed by atoms with Crippen LogP contribution in [0.4, 0.5) is 19.3 Å². The topological polar surface area (TPSA) is 110 Å². The summed E-state index contributed by atoms with van der Waals surface area (Å²) in [6.45, 7) is 11.3. The van der Waals surface area contributed by atoms with E-state index in [0.29, 0.717) is 62.0 Å². The SMILES string of the molecule is C[C@@H]1COCCN1C[C@H]1CN(C(=O)O)[C@H](C)CN1CC(=O)N1CC(C)(C)c2nc(CO)c(Cc3ccc(F)cc3F)cc21. The van der Waals surface area contributed by atoms with Crippen LogP contribution >= 0.6 is 0 Å². The number of nitrogens with zero attached hydrogens (tertiary/aromatic N) is 5. The normalized spacial score (nSPS) is 24.3. The largest absolute Gasteiger partial charge is 0.465 e. The molecule has 3 aliphatic heterocycles. The highest BCUT2D eigenvalue weighted by atomic mass is 19.1. The van der Waals surface area contributed by atoms with Gasteiger partial charge in [-0.1, -0.05) is 19.9 Å². The number of aliphatic hydroxyl groups excluding tert-OH is 1. The van der Waals surface area contributed by atoms with E-state index in [1.807, 2.05) is 20.8 Å². The zero-order chi connectivity index (χ0) is 31.1. The first-order valence-corrected chi connectivity index (χ1v) is 14.8. The molecule has 0 spiro atoms. The molecule has 10 nitrogen and oxygen atoms in total. The molecule has 2 N–H and O–H groups in total. The van der Waals surface area contributed by atoms with Gasteiger partial charge < -0.3 is 24.7 Å². The monoisotopic (exact) mass is 601 g/mol. The van der Waals surface area contributed by atoms with Gasteiger partial charge in [0.25, 0.3) is 0 Å². The van der Waals surface area contributed by atoms with E-state index in [-0.39, 0.29) is 49.2 Å². The first-order valence-electron chi connectivity index (χ1n) is 14.8. The summed E-state index contributed by atoms with van der Waals surface area (Å²) in [5.74, 6) is -1.50. The molecule has 3 aliphatic rings. The van der Waals surface area contributed by atoms with E-state index in [4.69, 9.17) is 9.72 Å². The number of pyridine rings is 1. The fraction of sp³-hybridized carbons (Fsp3) is 0.581. The molecule has 43 heavy (non-hydrogen) atoms. The van der Waals surface area contributed by atoms with E-state index < -0.39 is 23.1 Å². The molecule has 1 aromatic heterocycles. The zero-order valence-electron chi connectivity index (χ0n) is 25.2. The Morgan fingerprint density at radius 2 is 1.86 bits per heavy atom. The Balaban J connectivity index is 1.41. The van der Waals surface area contributed by atoms with E-state index in [1.54, 1.807) is 11.0 Å². The number of aromatic nitrogens is 1. The average Bonchev–Trinajstić information content (AvgIpc) is 3.21. The summed E-state index contributed by atoms with van der Waals surface area (Å²) in [5, 5.41) is 19.9. The minimum atomic E-state index is -0.968. The van der Waals surface area contributed by atoms with Gasteiger partial charge in [0.1, 0.15) is 11.6 Å². The maximum Gasteiger partial charge on any atom is 0.407 e. The summed E-state index contributed by atoms with van der Waals surface area (Å²) in [4.78, 5) is 38.3. The second kappa shape index (κ2) is 12.4. The van der Waals surface area contributed by atoms with Gasteiger partial charge in [-0.2, -0.15) is 0 Å². The molecule has 12 heteroatoms. The number of morpholine rings is 1. The first kappa shape index (κ1) is 31.2. The van der Waals surface area contributed by atoms with E-state index >= 15 is 0 Å². The fourth-order valence-corrected chi connectivity index (χ4v) is 6.53. The summed E-state index contributed by atoms with van der Waals surface area (Å²) in [7, 11) is 0. The molecule has 234 valence electrons. The van der Waals surface area contributed by atoms with Crippen molar-refractivity contribution in [1.29, 1.82) is 0 Å². The van der Waals surface area contributed by atoms with Crippen LogP contribution in [0.25, 0.3) is 0 Å². The lowest BCUT2D eigenvalue weighted by Gasteiger charge is -2.47. The van der Waals surface area contributed by atoms with Crippen molar-refractivity contribution in [3.63, 3.8) is 0 Å². The third-order valence-electron chi connectivity index (χ3n) is 8.99. The van der Waals surface area contributed by atoms with Crippen LogP contribution in [-0.2, 0) is 28.0 Å². The number of fused-ring (bicyclic) bond motifs is 1.